The molecule has 2 aliphatic heterocycles. The van der Waals surface area contributed by atoms with Gasteiger partial charge < -0.3 is 19.5 Å². The lowest BCUT2D eigenvalue weighted by molar-refractivity contribution is -0.138. The Labute approximate surface area is 229 Å². The Hall–Kier alpha value is -3.43. The van der Waals surface area contributed by atoms with E-state index < -0.39 is 9.84 Å². The van der Waals surface area contributed by atoms with E-state index in [4.69, 9.17) is 4.42 Å². The van der Waals surface area contributed by atoms with E-state index in [1.54, 1.807) is 36.4 Å². The number of nitrogens with zero attached hydrogens (tertiary/aromatic N) is 2. The molecule has 2 amide bonds. The summed E-state index contributed by atoms with van der Waals surface area (Å²) in [6.07, 6.45) is 5.95. The summed E-state index contributed by atoms with van der Waals surface area (Å²) in [5.74, 6) is 0.280. The SMILES string of the molecule is CS(=O)(=O)c1ccc(CN2CCC3(CCN(CCC(NC(=O)c4ccco4)c4ccccc4)CC3)C2=O)cc1. The molecule has 2 saturated heterocycles. The molecular weight excluding hydrogens is 514 g/mol. The molecule has 1 N–H and O–H groups in total. The van der Waals surface area contributed by atoms with Crippen LogP contribution in [0.4, 0.5) is 0 Å². The van der Waals surface area contributed by atoms with Gasteiger partial charge in [0.15, 0.2) is 15.6 Å². The summed E-state index contributed by atoms with van der Waals surface area (Å²) in [6, 6.07) is 20.0. The van der Waals surface area contributed by atoms with Crippen molar-refractivity contribution < 1.29 is 22.4 Å². The van der Waals surface area contributed by atoms with Crippen LogP contribution in [-0.2, 0) is 21.2 Å². The second kappa shape index (κ2) is 11.4. The summed E-state index contributed by atoms with van der Waals surface area (Å²) in [5.41, 5.74) is 1.68. The Morgan fingerprint density at radius 1 is 0.974 bits per heavy atom. The number of carbonyl (C=O) groups excluding carboxylic acids is 2. The zero-order valence-electron chi connectivity index (χ0n) is 22.2. The maximum Gasteiger partial charge on any atom is 0.287 e. The van der Waals surface area contributed by atoms with Crippen molar-refractivity contribution in [2.24, 2.45) is 5.41 Å². The molecule has 3 aromatic rings. The molecule has 0 saturated carbocycles. The number of sulfone groups is 1. The first-order valence-corrected chi connectivity index (χ1v) is 15.3. The molecule has 39 heavy (non-hydrogen) atoms. The Kier molecular flexibility index (Phi) is 7.91. The van der Waals surface area contributed by atoms with Crippen LogP contribution in [0.3, 0.4) is 0 Å². The Morgan fingerprint density at radius 2 is 1.67 bits per heavy atom. The number of amides is 2. The molecule has 3 heterocycles. The van der Waals surface area contributed by atoms with Crippen LogP contribution in [0, 0.1) is 5.41 Å². The summed E-state index contributed by atoms with van der Waals surface area (Å²) < 4.78 is 28.7. The fraction of sp³-hybridized carbons (Fsp3) is 0.400. The lowest BCUT2D eigenvalue weighted by Crippen LogP contribution is -2.45. The average Bonchev–Trinajstić information content (AvgIpc) is 3.58. The van der Waals surface area contributed by atoms with E-state index in [-0.39, 0.29) is 28.2 Å². The van der Waals surface area contributed by atoms with Crippen LogP contribution in [0.25, 0.3) is 0 Å². The van der Waals surface area contributed by atoms with Crippen LogP contribution in [0.15, 0.2) is 82.3 Å². The number of nitrogens with one attached hydrogen (secondary N) is 1. The van der Waals surface area contributed by atoms with Crippen molar-refractivity contribution in [3.05, 3.63) is 89.9 Å². The molecule has 8 nitrogen and oxygen atoms in total. The van der Waals surface area contributed by atoms with Gasteiger partial charge in [0.2, 0.25) is 5.91 Å². The standard InChI is InChI=1S/C30H35N3O5S/c1-39(36,37)25-11-9-23(10-12-25)22-33-20-16-30(29(33)35)14-18-32(19-15-30)17-13-26(24-6-3-2-4-7-24)31-28(34)27-8-5-21-38-27/h2-12,21,26H,13-20,22H2,1H3,(H,31,34). The van der Waals surface area contributed by atoms with E-state index in [9.17, 15) is 18.0 Å². The third-order valence-corrected chi connectivity index (χ3v) is 9.25. The molecule has 1 aromatic heterocycles. The van der Waals surface area contributed by atoms with Gasteiger partial charge in [-0.15, -0.1) is 0 Å². The van der Waals surface area contributed by atoms with Crippen molar-refractivity contribution in [3.8, 4) is 0 Å². The predicted octanol–water partition coefficient (Wildman–Crippen LogP) is 4.06. The Morgan fingerprint density at radius 3 is 2.31 bits per heavy atom. The second-order valence-electron chi connectivity index (χ2n) is 10.7. The second-order valence-corrected chi connectivity index (χ2v) is 12.7. The number of benzene rings is 2. The van der Waals surface area contributed by atoms with E-state index in [0.29, 0.717) is 12.3 Å². The molecule has 0 aliphatic carbocycles. The van der Waals surface area contributed by atoms with Gasteiger partial charge in [0.25, 0.3) is 5.91 Å². The fourth-order valence-electron chi connectivity index (χ4n) is 5.73. The first kappa shape index (κ1) is 27.1. The minimum Gasteiger partial charge on any atom is -0.459 e. The molecule has 2 aliphatic rings. The van der Waals surface area contributed by atoms with Crippen molar-refractivity contribution in [2.45, 2.75) is 43.2 Å². The van der Waals surface area contributed by atoms with Crippen molar-refractivity contribution in [1.82, 2.24) is 15.1 Å². The topological polar surface area (TPSA) is 99.9 Å². The molecule has 1 atom stereocenters. The molecule has 206 valence electrons. The van der Waals surface area contributed by atoms with Crippen molar-refractivity contribution in [2.75, 3.05) is 32.4 Å². The van der Waals surface area contributed by atoms with Gasteiger partial charge in [0.1, 0.15) is 0 Å². The highest BCUT2D eigenvalue weighted by atomic mass is 32.2. The van der Waals surface area contributed by atoms with Gasteiger partial charge in [-0.3, -0.25) is 9.59 Å². The largest absolute Gasteiger partial charge is 0.459 e. The number of carbonyl (C=O) groups is 2. The Bertz CT molecular complexity index is 1380. The first-order valence-electron chi connectivity index (χ1n) is 13.4. The lowest BCUT2D eigenvalue weighted by Gasteiger charge is -2.38. The monoisotopic (exact) mass is 549 g/mol. The Balaban J connectivity index is 1.15. The highest BCUT2D eigenvalue weighted by Gasteiger charge is 2.47. The first-order chi connectivity index (χ1) is 18.7. The molecule has 9 heteroatoms. The van der Waals surface area contributed by atoms with Gasteiger partial charge in [-0.25, -0.2) is 8.42 Å². The van der Waals surface area contributed by atoms with Crippen molar-refractivity contribution >= 4 is 21.7 Å². The summed E-state index contributed by atoms with van der Waals surface area (Å²) in [6.45, 7) is 3.73. The zero-order chi connectivity index (χ0) is 27.5. The van der Waals surface area contributed by atoms with Gasteiger partial charge in [0.05, 0.1) is 22.6 Å². The van der Waals surface area contributed by atoms with Crippen LogP contribution in [0.2, 0.25) is 0 Å². The molecule has 2 aromatic carbocycles. The minimum atomic E-state index is -3.24. The number of likely N-dealkylation sites (tertiary alicyclic amines) is 2. The van der Waals surface area contributed by atoms with E-state index >= 15 is 0 Å². The number of hydrogen-bond donors (Lipinski definition) is 1. The van der Waals surface area contributed by atoms with Gasteiger partial charge in [-0.05, 0) is 74.2 Å². The van der Waals surface area contributed by atoms with E-state index in [1.807, 2.05) is 35.2 Å². The molecule has 5 rings (SSSR count). The molecular formula is C30H35N3O5S. The summed E-state index contributed by atoms with van der Waals surface area (Å²) in [4.78, 5) is 30.7. The van der Waals surface area contributed by atoms with Gasteiger partial charge in [-0.1, -0.05) is 42.5 Å². The van der Waals surface area contributed by atoms with E-state index in [2.05, 4.69) is 10.2 Å². The average molecular weight is 550 g/mol. The van der Waals surface area contributed by atoms with Crippen molar-refractivity contribution in [1.29, 1.82) is 0 Å². The maximum atomic E-state index is 13.5. The highest BCUT2D eigenvalue weighted by molar-refractivity contribution is 7.90. The van der Waals surface area contributed by atoms with Crippen LogP contribution >= 0.6 is 0 Å². The number of rotatable bonds is 9. The summed E-state index contributed by atoms with van der Waals surface area (Å²) >= 11 is 0. The third kappa shape index (κ3) is 6.25. The van der Waals surface area contributed by atoms with E-state index in [1.165, 1.54) is 12.5 Å². The van der Waals surface area contributed by atoms with Gasteiger partial charge in [-0.2, -0.15) is 0 Å². The van der Waals surface area contributed by atoms with Gasteiger partial charge >= 0.3 is 0 Å². The molecule has 1 unspecified atom stereocenters. The molecule has 0 radical (unpaired) electrons. The highest BCUT2D eigenvalue weighted by Crippen LogP contribution is 2.42. The summed E-state index contributed by atoms with van der Waals surface area (Å²) in [7, 11) is -3.24. The number of furan rings is 1. The van der Waals surface area contributed by atoms with Crippen LogP contribution < -0.4 is 5.32 Å². The normalized spacial score (nSPS) is 18.4. The van der Waals surface area contributed by atoms with Crippen LogP contribution in [0.5, 0.6) is 0 Å². The quantitative estimate of drug-likeness (QED) is 0.432. The predicted molar refractivity (Wildman–Crippen MR) is 148 cm³/mol. The number of piperidine rings is 1. The lowest BCUT2D eigenvalue weighted by atomic mass is 9.77. The van der Waals surface area contributed by atoms with Gasteiger partial charge in [0, 0.05) is 25.9 Å². The summed E-state index contributed by atoms with van der Waals surface area (Å²) in [5, 5.41) is 3.12. The van der Waals surface area contributed by atoms with Crippen LogP contribution in [-0.4, -0.2) is 62.5 Å². The van der Waals surface area contributed by atoms with Crippen LogP contribution in [0.1, 0.15) is 53.4 Å². The fourth-order valence-corrected chi connectivity index (χ4v) is 6.36. The minimum absolute atomic E-state index is 0.141. The smallest absolute Gasteiger partial charge is 0.287 e. The van der Waals surface area contributed by atoms with E-state index in [0.717, 1.165) is 63.0 Å². The number of hydrogen-bond acceptors (Lipinski definition) is 6. The molecule has 2 fully saturated rings. The third-order valence-electron chi connectivity index (χ3n) is 8.13. The zero-order valence-corrected chi connectivity index (χ0v) is 23.0. The molecule has 1 spiro atoms. The molecule has 0 bridgehead atoms. The van der Waals surface area contributed by atoms with Crippen molar-refractivity contribution in [3.63, 3.8) is 0 Å². The maximum absolute atomic E-state index is 13.5.